The first-order valence-corrected chi connectivity index (χ1v) is 10.4. The van der Waals surface area contributed by atoms with Gasteiger partial charge in [-0.25, -0.2) is 13.6 Å². The Hall–Kier alpha value is -3.75. The largest absolute Gasteiger partial charge is 0.494 e. The average molecular weight is 439 g/mol. The van der Waals surface area contributed by atoms with Gasteiger partial charge in [0.05, 0.1) is 18.0 Å². The smallest absolute Gasteiger partial charge is 0.322 e. The third-order valence-electron chi connectivity index (χ3n) is 5.17. The fourth-order valence-corrected chi connectivity index (χ4v) is 3.46. The number of amides is 2. The van der Waals surface area contributed by atoms with Crippen LogP contribution in [0.1, 0.15) is 6.92 Å². The molecule has 0 saturated carbocycles. The second kappa shape index (κ2) is 9.59. The Morgan fingerprint density at radius 2 is 1.75 bits per heavy atom. The van der Waals surface area contributed by atoms with Crippen molar-refractivity contribution in [2.75, 3.05) is 43.0 Å². The first kappa shape index (κ1) is 21.5. The monoisotopic (exact) mass is 439 g/mol. The van der Waals surface area contributed by atoms with Gasteiger partial charge in [-0.15, -0.1) is 10.2 Å². The summed E-state index contributed by atoms with van der Waals surface area (Å²) in [6.07, 6.45) is 0. The number of hydrogen-bond acceptors (Lipinski definition) is 5. The number of halogens is 2. The van der Waals surface area contributed by atoms with E-state index < -0.39 is 17.7 Å². The Morgan fingerprint density at radius 1 is 1.00 bits per heavy atom. The van der Waals surface area contributed by atoms with E-state index in [0.717, 1.165) is 41.0 Å². The number of urea groups is 1. The minimum atomic E-state index is -0.679. The summed E-state index contributed by atoms with van der Waals surface area (Å²) >= 11 is 0. The highest BCUT2D eigenvalue weighted by Crippen LogP contribution is 2.22. The molecule has 32 heavy (non-hydrogen) atoms. The van der Waals surface area contributed by atoms with Crippen molar-refractivity contribution in [3.05, 3.63) is 66.2 Å². The van der Waals surface area contributed by atoms with Crippen LogP contribution >= 0.6 is 0 Å². The lowest BCUT2D eigenvalue weighted by molar-refractivity contribution is 0.208. The number of nitrogens with one attached hydrogen (secondary N) is 1. The van der Waals surface area contributed by atoms with E-state index in [2.05, 4.69) is 15.5 Å². The zero-order chi connectivity index (χ0) is 22.5. The van der Waals surface area contributed by atoms with Crippen LogP contribution in [0.4, 0.5) is 25.1 Å². The molecule has 1 saturated heterocycles. The van der Waals surface area contributed by atoms with Gasteiger partial charge in [0.1, 0.15) is 17.4 Å². The van der Waals surface area contributed by atoms with Crippen LogP contribution in [0.3, 0.4) is 0 Å². The second-order valence-electron chi connectivity index (χ2n) is 7.26. The highest BCUT2D eigenvalue weighted by atomic mass is 19.1. The summed E-state index contributed by atoms with van der Waals surface area (Å²) in [5.41, 5.74) is 1.53. The molecule has 1 N–H and O–H groups in total. The molecule has 0 bridgehead atoms. The van der Waals surface area contributed by atoms with Crippen molar-refractivity contribution in [1.29, 1.82) is 0 Å². The second-order valence-corrected chi connectivity index (χ2v) is 7.26. The van der Waals surface area contributed by atoms with Crippen LogP contribution < -0.4 is 15.0 Å². The fourth-order valence-electron chi connectivity index (χ4n) is 3.46. The first-order chi connectivity index (χ1) is 15.5. The third-order valence-corrected chi connectivity index (χ3v) is 5.17. The van der Waals surface area contributed by atoms with E-state index in [-0.39, 0.29) is 5.69 Å². The van der Waals surface area contributed by atoms with E-state index in [4.69, 9.17) is 4.74 Å². The van der Waals surface area contributed by atoms with Gasteiger partial charge >= 0.3 is 6.03 Å². The van der Waals surface area contributed by atoms with Gasteiger partial charge < -0.3 is 19.9 Å². The lowest BCUT2D eigenvalue weighted by Crippen LogP contribution is -2.50. The van der Waals surface area contributed by atoms with Crippen molar-refractivity contribution >= 4 is 17.5 Å². The molecule has 1 aromatic heterocycles. The van der Waals surface area contributed by atoms with Crippen LogP contribution in [-0.4, -0.2) is 53.9 Å². The molecule has 0 aliphatic carbocycles. The van der Waals surface area contributed by atoms with E-state index in [1.807, 2.05) is 48.2 Å². The van der Waals surface area contributed by atoms with Gasteiger partial charge in [0, 0.05) is 37.8 Å². The van der Waals surface area contributed by atoms with Gasteiger partial charge in [-0.1, -0.05) is 0 Å². The molecule has 3 aromatic rings. The zero-order valence-corrected chi connectivity index (χ0v) is 17.6. The topological polar surface area (TPSA) is 70.6 Å². The summed E-state index contributed by atoms with van der Waals surface area (Å²) in [6, 6.07) is 14.0. The lowest BCUT2D eigenvalue weighted by atomic mass is 10.1. The summed E-state index contributed by atoms with van der Waals surface area (Å²) in [4.78, 5) is 16.0. The van der Waals surface area contributed by atoms with Crippen molar-refractivity contribution in [2.24, 2.45) is 0 Å². The standard InChI is InChI=1S/C23H23F2N5O2/c1-2-32-18-6-3-16(4-7-18)20-9-10-22(28-27-20)29-11-13-30(14-12-29)23(31)26-21-15-17(24)5-8-19(21)25/h3-10,15H,2,11-14H2,1H3,(H,26,31). The number of anilines is 2. The summed E-state index contributed by atoms with van der Waals surface area (Å²) in [5.74, 6) is 0.235. The maximum absolute atomic E-state index is 13.8. The molecule has 1 aliphatic heterocycles. The quantitative estimate of drug-likeness (QED) is 0.646. The predicted molar refractivity (Wildman–Crippen MR) is 118 cm³/mol. The average Bonchev–Trinajstić information content (AvgIpc) is 2.82. The fraction of sp³-hybridized carbons (Fsp3) is 0.261. The number of hydrogen-bond donors (Lipinski definition) is 1. The molecule has 2 heterocycles. The van der Waals surface area contributed by atoms with Crippen LogP contribution in [-0.2, 0) is 0 Å². The summed E-state index contributed by atoms with van der Waals surface area (Å²) < 4.78 is 32.5. The van der Waals surface area contributed by atoms with Crippen LogP contribution in [0.25, 0.3) is 11.3 Å². The number of aromatic nitrogens is 2. The Bertz CT molecular complexity index is 1070. The molecule has 166 valence electrons. The Labute approximate surface area is 184 Å². The molecular weight excluding hydrogens is 416 g/mol. The van der Waals surface area contributed by atoms with Gasteiger partial charge in [0.25, 0.3) is 0 Å². The zero-order valence-electron chi connectivity index (χ0n) is 17.6. The number of nitrogens with zero attached hydrogens (tertiary/aromatic N) is 4. The van der Waals surface area contributed by atoms with E-state index in [1.165, 1.54) is 0 Å². The molecule has 1 fully saturated rings. The number of ether oxygens (including phenoxy) is 1. The molecule has 0 radical (unpaired) electrons. The minimum absolute atomic E-state index is 0.173. The van der Waals surface area contributed by atoms with Crippen LogP contribution in [0.5, 0.6) is 5.75 Å². The van der Waals surface area contributed by atoms with E-state index in [1.54, 1.807) is 4.90 Å². The predicted octanol–water partition coefficient (Wildman–Crippen LogP) is 4.17. The molecule has 7 nitrogen and oxygen atoms in total. The Balaban J connectivity index is 1.33. The number of carbonyl (C=O) groups is 1. The van der Waals surface area contributed by atoms with E-state index in [9.17, 15) is 13.6 Å². The molecule has 2 amide bonds. The SMILES string of the molecule is CCOc1ccc(-c2ccc(N3CCN(C(=O)Nc4cc(F)ccc4F)CC3)nn2)cc1. The highest BCUT2D eigenvalue weighted by Gasteiger charge is 2.23. The maximum atomic E-state index is 13.8. The van der Waals surface area contributed by atoms with Gasteiger partial charge in [-0.2, -0.15) is 0 Å². The van der Waals surface area contributed by atoms with Crippen LogP contribution in [0.2, 0.25) is 0 Å². The summed E-state index contributed by atoms with van der Waals surface area (Å²) in [6.45, 7) is 4.50. The Kier molecular flexibility index (Phi) is 6.44. The molecule has 2 aromatic carbocycles. The van der Waals surface area contributed by atoms with Crippen LogP contribution in [0, 0.1) is 11.6 Å². The summed E-state index contributed by atoms with van der Waals surface area (Å²) in [7, 11) is 0. The molecule has 0 unspecified atom stereocenters. The normalized spacial score (nSPS) is 13.7. The molecule has 1 aliphatic rings. The molecule has 0 atom stereocenters. The molecule has 4 rings (SSSR count). The Morgan fingerprint density at radius 3 is 2.41 bits per heavy atom. The van der Waals surface area contributed by atoms with E-state index in [0.29, 0.717) is 32.8 Å². The molecule has 0 spiro atoms. The molecular formula is C23H23F2N5O2. The molecule has 9 heteroatoms. The van der Waals surface area contributed by atoms with Crippen molar-refractivity contribution in [3.63, 3.8) is 0 Å². The lowest BCUT2D eigenvalue weighted by Gasteiger charge is -2.35. The highest BCUT2D eigenvalue weighted by molar-refractivity contribution is 5.89. The van der Waals surface area contributed by atoms with Gasteiger partial charge in [0.15, 0.2) is 5.82 Å². The van der Waals surface area contributed by atoms with Crippen molar-refractivity contribution < 1.29 is 18.3 Å². The van der Waals surface area contributed by atoms with Crippen molar-refractivity contribution in [3.8, 4) is 17.0 Å². The number of carbonyl (C=O) groups excluding carboxylic acids is 1. The number of benzene rings is 2. The maximum Gasteiger partial charge on any atom is 0.322 e. The summed E-state index contributed by atoms with van der Waals surface area (Å²) in [5, 5.41) is 11.1. The third kappa shape index (κ3) is 4.93. The van der Waals surface area contributed by atoms with Crippen LogP contribution in [0.15, 0.2) is 54.6 Å². The van der Waals surface area contributed by atoms with Gasteiger partial charge in [-0.05, 0) is 55.5 Å². The van der Waals surface area contributed by atoms with E-state index >= 15 is 0 Å². The van der Waals surface area contributed by atoms with Crippen molar-refractivity contribution in [2.45, 2.75) is 6.92 Å². The van der Waals surface area contributed by atoms with Crippen molar-refractivity contribution in [1.82, 2.24) is 15.1 Å². The van der Waals surface area contributed by atoms with Gasteiger partial charge in [0.2, 0.25) is 0 Å². The number of piperazine rings is 1. The van der Waals surface area contributed by atoms with Gasteiger partial charge in [-0.3, -0.25) is 0 Å². The first-order valence-electron chi connectivity index (χ1n) is 10.4. The minimum Gasteiger partial charge on any atom is -0.494 e. The number of rotatable bonds is 5.